The van der Waals surface area contributed by atoms with Gasteiger partial charge in [-0.2, -0.15) is 10.2 Å². The summed E-state index contributed by atoms with van der Waals surface area (Å²) >= 11 is 0. The number of ether oxygens (including phenoxy) is 1. The maximum absolute atomic E-state index is 5.58. The Labute approximate surface area is 103 Å². The summed E-state index contributed by atoms with van der Waals surface area (Å²) in [6, 6.07) is 2.12. The van der Waals surface area contributed by atoms with Crippen LogP contribution in [0, 0.1) is 6.92 Å². The molecule has 0 saturated carbocycles. The Morgan fingerprint density at radius 2 is 2.35 bits per heavy atom. The van der Waals surface area contributed by atoms with Gasteiger partial charge in [0.15, 0.2) is 0 Å². The summed E-state index contributed by atoms with van der Waals surface area (Å²) in [5.41, 5.74) is 3.34. The Bertz CT molecular complexity index is 362. The van der Waals surface area contributed by atoms with Gasteiger partial charge in [0.2, 0.25) is 0 Å². The highest BCUT2D eigenvalue weighted by Crippen LogP contribution is 2.11. The highest BCUT2D eigenvalue weighted by Gasteiger charge is 2.14. The van der Waals surface area contributed by atoms with Gasteiger partial charge >= 0.3 is 0 Å². The van der Waals surface area contributed by atoms with Crippen molar-refractivity contribution in [2.24, 2.45) is 0 Å². The van der Waals surface area contributed by atoms with Crippen LogP contribution < -0.4 is 5.32 Å². The van der Waals surface area contributed by atoms with Crippen molar-refractivity contribution in [1.82, 2.24) is 15.5 Å². The van der Waals surface area contributed by atoms with Crippen LogP contribution in [0.2, 0.25) is 0 Å². The van der Waals surface area contributed by atoms with Crippen LogP contribution in [-0.2, 0) is 17.7 Å². The molecule has 1 fully saturated rings. The Hall–Kier alpha value is -1.00. The van der Waals surface area contributed by atoms with E-state index in [-0.39, 0.29) is 0 Å². The molecule has 0 bridgehead atoms. The van der Waals surface area contributed by atoms with Crippen molar-refractivity contribution in [3.05, 3.63) is 23.0 Å². The monoisotopic (exact) mass is 235 g/mol. The average molecular weight is 235 g/mol. The minimum atomic E-state index is 0.399. The molecule has 1 aromatic heterocycles. The van der Waals surface area contributed by atoms with Gasteiger partial charge in [-0.15, -0.1) is 0 Å². The van der Waals surface area contributed by atoms with Crippen molar-refractivity contribution in [3.8, 4) is 0 Å². The lowest BCUT2D eigenvalue weighted by Gasteiger charge is -2.12. The van der Waals surface area contributed by atoms with Gasteiger partial charge in [-0.05, 0) is 37.8 Å². The molecule has 4 heteroatoms. The molecule has 1 N–H and O–H groups in total. The van der Waals surface area contributed by atoms with Gasteiger partial charge in [0.05, 0.1) is 17.5 Å². The predicted molar refractivity (Wildman–Crippen MR) is 66.8 cm³/mol. The summed E-state index contributed by atoms with van der Waals surface area (Å²) < 4.78 is 5.58. The molecule has 2 rings (SSSR count). The fourth-order valence-electron chi connectivity index (χ4n) is 2.19. The number of rotatable bonds is 5. The van der Waals surface area contributed by atoms with Crippen LogP contribution in [0.5, 0.6) is 0 Å². The van der Waals surface area contributed by atoms with Gasteiger partial charge < -0.3 is 10.1 Å². The second-order valence-electron chi connectivity index (χ2n) is 4.58. The van der Waals surface area contributed by atoms with E-state index in [2.05, 4.69) is 28.5 Å². The van der Waals surface area contributed by atoms with Crippen molar-refractivity contribution in [3.63, 3.8) is 0 Å². The number of aromatic nitrogens is 2. The molecule has 1 atom stereocenters. The molecule has 0 amide bonds. The molecule has 17 heavy (non-hydrogen) atoms. The molecular weight excluding hydrogens is 214 g/mol. The van der Waals surface area contributed by atoms with Crippen LogP contribution in [0.4, 0.5) is 0 Å². The summed E-state index contributed by atoms with van der Waals surface area (Å²) in [6.45, 7) is 6.81. The topological polar surface area (TPSA) is 47.0 Å². The third kappa shape index (κ3) is 3.48. The van der Waals surface area contributed by atoms with Gasteiger partial charge in [0.1, 0.15) is 0 Å². The van der Waals surface area contributed by atoms with E-state index in [9.17, 15) is 0 Å². The number of nitrogens with zero attached hydrogens (tertiary/aromatic N) is 2. The average Bonchev–Trinajstić information content (AvgIpc) is 2.82. The first-order valence-electron chi connectivity index (χ1n) is 6.44. The number of hydrogen-bond acceptors (Lipinski definition) is 4. The molecule has 0 spiro atoms. The molecule has 1 aliphatic rings. The molecule has 0 aromatic carbocycles. The smallest absolute Gasteiger partial charge is 0.0700 e. The van der Waals surface area contributed by atoms with Crippen LogP contribution in [0.25, 0.3) is 0 Å². The quantitative estimate of drug-likeness (QED) is 0.842. The molecule has 0 radical (unpaired) electrons. The van der Waals surface area contributed by atoms with Crippen molar-refractivity contribution in [2.45, 2.75) is 45.8 Å². The maximum Gasteiger partial charge on any atom is 0.0700 e. The van der Waals surface area contributed by atoms with E-state index in [0.29, 0.717) is 6.10 Å². The molecule has 1 aliphatic heterocycles. The van der Waals surface area contributed by atoms with Crippen molar-refractivity contribution >= 4 is 0 Å². The first-order chi connectivity index (χ1) is 8.29. The lowest BCUT2D eigenvalue weighted by Crippen LogP contribution is -2.26. The molecule has 2 heterocycles. The molecule has 1 aromatic rings. The van der Waals surface area contributed by atoms with E-state index in [0.717, 1.165) is 37.5 Å². The minimum absolute atomic E-state index is 0.399. The van der Waals surface area contributed by atoms with E-state index in [1.54, 1.807) is 0 Å². The summed E-state index contributed by atoms with van der Waals surface area (Å²) in [6.07, 6.45) is 3.71. The maximum atomic E-state index is 5.58. The molecule has 4 nitrogen and oxygen atoms in total. The van der Waals surface area contributed by atoms with E-state index in [4.69, 9.17) is 4.74 Å². The zero-order chi connectivity index (χ0) is 12.1. The van der Waals surface area contributed by atoms with Crippen LogP contribution in [-0.4, -0.2) is 29.5 Å². The third-order valence-corrected chi connectivity index (χ3v) is 3.13. The van der Waals surface area contributed by atoms with Crippen molar-refractivity contribution in [2.75, 3.05) is 13.2 Å². The number of hydrogen-bond donors (Lipinski definition) is 1. The first-order valence-corrected chi connectivity index (χ1v) is 6.44. The largest absolute Gasteiger partial charge is 0.377 e. The minimum Gasteiger partial charge on any atom is -0.377 e. The Kier molecular flexibility index (Phi) is 4.45. The highest BCUT2D eigenvalue weighted by atomic mass is 16.5. The lowest BCUT2D eigenvalue weighted by atomic mass is 10.1. The van der Waals surface area contributed by atoms with Crippen molar-refractivity contribution in [1.29, 1.82) is 0 Å². The fourth-order valence-corrected chi connectivity index (χ4v) is 2.19. The van der Waals surface area contributed by atoms with Gasteiger partial charge in [-0.1, -0.05) is 6.92 Å². The lowest BCUT2D eigenvalue weighted by molar-refractivity contribution is 0.110. The highest BCUT2D eigenvalue weighted by molar-refractivity contribution is 5.20. The van der Waals surface area contributed by atoms with Gasteiger partial charge in [0.25, 0.3) is 0 Å². The summed E-state index contributed by atoms with van der Waals surface area (Å²) in [4.78, 5) is 0. The van der Waals surface area contributed by atoms with E-state index in [1.807, 2.05) is 6.92 Å². The number of aryl methyl sites for hydroxylation is 2. The van der Waals surface area contributed by atoms with Gasteiger partial charge in [-0.3, -0.25) is 0 Å². The molecule has 1 saturated heterocycles. The second kappa shape index (κ2) is 6.07. The molecule has 94 valence electrons. The Balaban J connectivity index is 1.86. The van der Waals surface area contributed by atoms with Gasteiger partial charge in [-0.25, -0.2) is 0 Å². The van der Waals surface area contributed by atoms with Gasteiger partial charge in [0, 0.05) is 19.7 Å². The Morgan fingerprint density at radius 3 is 3.06 bits per heavy atom. The first kappa shape index (κ1) is 12.5. The van der Waals surface area contributed by atoms with E-state index >= 15 is 0 Å². The van der Waals surface area contributed by atoms with Crippen LogP contribution in [0.1, 0.15) is 36.7 Å². The summed E-state index contributed by atoms with van der Waals surface area (Å²) in [5, 5.41) is 11.8. The van der Waals surface area contributed by atoms with Crippen molar-refractivity contribution < 1.29 is 4.74 Å². The SMILES string of the molecule is CCc1nnc(C)cc1CNCC1CCCO1. The number of nitrogens with one attached hydrogen (secondary N) is 1. The van der Waals surface area contributed by atoms with Crippen LogP contribution >= 0.6 is 0 Å². The van der Waals surface area contributed by atoms with Crippen LogP contribution in [0.3, 0.4) is 0 Å². The third-order valence-electron chi connectivity index (χ3n) is 3.13. The summed E-state index contributed by atoms with van der Waals surface area (Å²) in [7, 11) is 0. The normalized spacial score (nSPS) is 19.8. The standard InChI is InChI=1S/C13H21N3O/c1-3-13-11(7-10(2)15-16-13)8-14-9-12-5-4-6-17-12/h7,12,14H,3-6,8-9H2,1-2H3. The molecular formula is C13H21N3O. The van der Waals surface area contributed by atoms with Crippen LogP contribution in [0.15, 0.2) is 6.07 Å². The molecule has 0 aliphatic carbocycles. The predicted octanol–water partition coefficient (Wildman–Crippen LogP) is 1.62. The zero-order valence-electron chi connectivity index (χ0n) is 10.7. The van der Waals surface area contributed by atoms with E-state index < -0.39 is 0 Å². The summed E-state index contributed by atoms with van der Waals surface area (Å²) in [5.74, 6) is 0. The fraction of sp³-hybridized carbons (Fsp3) is 0.692. The van der Waals surface area contributed by atoms with E-state index in [1.165, 1.54) is 18.4 Å². The second-order valence-corrected chi connectivity index (χ2v) is 4.58. The Morgan fingerprint density at radius 1 is 1.47 bits per heavy atom. The molecule has 1 unspecified atom stereocenters. The zero-order valence-corrected chi connectivity index (χ0v) is 10.7.